The van der Waals surface area contributed by atoms with Crippen LogP contribution in [0.2, 0.25) is 0 Å². The van der Waals surface area contributed by atoms with Gasteiger partial charge in [0.05, 0.1) is 4.88 Å². The van der Waals surface area contributed by atoms with Crippen molar-refractivity contribution in [3.63, 3.8) is 0 Å². The van der Waals surface area contributed by atoms with E-state index in [0.717, 1.165) is 4.70 Å². The first kappa shape index (κ1) is 14.2. The fraction of sp³-hybridized carbons (Fsp3) is 0.312. The molecule has 1 amide bonds. The van der Waals surface area contributed by atoms with Crippen LogP contribution in [-0.4, -0.2) is 23.7 Å². The number of aryl methyl sites for hydroxylation is 1. The Morgan fingerprint density at radius 2 is 2.29 bits per heavy atom. The van der Waals surface area contributed by atoms with E-state index in [-0.39, 0.29) is 30.3 Å². The van der Waals surface area contributed by atoms with Crippen LogP contribution in [0.3, 0.4) is 0 Å². The van der Waals surface area contributed by atoms with Gasteiger partial charge in [-0.15, -0.1) is 11.3 Å². The van der Waals surface area contributed by atoms with Gasteiger partial charge >= 0.3 is 0 Å². The van der Waals surface area contributed by atoms with Crippen LogP contribution < -0.4 is 5.32 Å². The summed E-state index contributed by atoms with van der Waals surface area (Å²) in [6, 6.07) is 4.82. The fourth-order valence-corrected chi connectivity index (χ4v) is 3.85. The normalized spacial score (nSPS) is 21.1. The molecule has 21 heavy (non-hydrogen) atoms. The standard InChI is InChI=1S/C16H16FNO2S/c1-9-14-12(17)3-2-4-13(14)21-15(9)16(20)18-11-6-5-10(7-11)8-19/h2-6,10-11,19H,7-8H2,1H3,(H,18,20)/t10-,11+/m0/s1. The van der Waals surface area contributed by atoms with Crippen LogP contribution in [0.25, 0.3) is 10.1 Å². The second kappa shape index (κ2) is 5.58. The maximum Gasteiger partial charge on any atom is 0.262 e. The molecule has 1 aliphatic carbocycles. The Hall–Kier alpha value is -1.72. The lowest BCUT2D eigenvalue weighted by Gasteiger charge is -2.12. The monoisotopic (exact) mass is 305 g/mol. The van der Waals surface area contributed by atoms with E-state index in [2.05, 4.69) is 5.32 Å². The molecule has 2 N–H and O–H groups in total. The van der Waals surface area contributed by atoms with E-state index in [0.29, 0.717) is 22.2 Å². The number of halogens is 1. The minimum atomic E-state index is -0.290. The van der Waals surface area contributed by atoms with E-state index >= 15 is 0 Å². The van der Waals surface area contributed by atoms with Crippen molar-refractivity contribution in [1.29, 1.82) is 0 Å². The lowest BCUT2D eigenvalue weighted by Crippen LogP contribution is -2.32. The number of amides is 1. The zero-order valence-electron chi connectivity index (χ0n) is 11.6. The van der Waals surface area contributed by atoms with Gasteiger partial charge in [0.1, 0.15) is 5.82 Å². The summed E-state index contributed by atoms with van der Waals surface area (Å²) in [6.45, 7) is 1.87. The zero-order valence-corrected chi connectivity index (χ0v) is 12.4. The van der Waals surface area contributed by atoms with Gasteiger partial charge in [-0.05, 0) is 31.0 Å². The van der Waals surface area contributed by atoms with E-state index < -0.39 is 0 Å². The van der Waals surface area contributed by atoms with E-state index in [1.54, 1.807) is 13.0 Å². The molecule has 1 aliphatic rings. The van der Waals surface area contributed by atoms with Gasteiger partial charge in [0.2, 0.25) is 0 Å². The van der Waals surface area contributed by atoms with Crippen molar-refractivity contribution < 1.29 is 14.3 Å². The minimum absolute atomic E-state index is 0.0656. The van der Waals surface area contributed by atoms with Gasteiger partial charge < -0.3 is 10.4 Å². The smallest absolute Gasteiger partial charge is 0.262 e. The van der Waals surface area contributed by atoms with Crippen molar-refractivity contribution in [2.45, 2.75) is 19.4 Å². The molecule has 0 saturated heterocycles. The number of nitrogens with one attached hydrogen (secondary N) is 1. The fourth-order valence-electron chi connectivity index (χ4n) is 2.72. The molecule has 0 spiro atoms. The van der Waals surface area contributed by atoms with Crippen LogP contribution >= 0.6 is 11.3 Å². The Morgan fingerprint density at radius 1 is 1.48 bits per heavy atom. The van der Waals surface area contributed by atoms with E-state index in [1.807, 2.05) is 18.2 Å². The molecule has 0 fully saturated rings. The highest BCUT2D eigenvalue weighted by molar-refractivity contribution is 7.21. The van der Waals surface area contributed by atoms with Crippen molar-refractivity contribution in [2.24, 2.45) is 5.92 Å². The van der Waals surface area contributed by atoms with Crippen LogP contribution in [0.1, 0.15) is 21.7 Å². The second-order valence-electron chi connectivity index (χ2n) is 5.31. The number of hydrogen-bond donors (Lipinski definition) is 2. The van der Waals surface area contributed by atoms with Gasteiger partial charge in [-0.25, -0.2) is 4.39 Å². The molecule has 2 atom stereocenters. The maximum atomic E-state index is 13.9. The van der Waals surface area contributed by atoms with Gasteiger partial charge in [-0.3, -0.25) is 4.79 Å². The third kappa shape index (κ3) is 2.59. The maximum absolute atomic E-state index is 13.9. The number of carbonyl (C=O) groups is 1. The Kier molecular flexibility index (Phi) is 3.78. The van der Waals surface area contributed by atoms with Crippen LogP contribution in [0, 0.1) is 18.7 Å². The summed E-state index contributed by atoms with van der Waals surface area (Å²) >= 11 is 1.31. The Bertz CT molecular complexity index is 722. The summed E-state index contributed by atoms with van der Waals surface area (Å²) in [6.07, 6.45) is 4.53. The summed E-state index contributed by atoms with van der Waals surface area (Å²) in [4.78, 5) is 12.9. The number of rotatable bonds is 3. The summed E-state index contributed by atoms with van der Waals surface area (Å²) in [5.41, 5.74) is 0.686. The molecule has 0 bridgehead atoms. The van der Waals surface area contributed by atoms with Crippen LogP contribution in [-0.2, 0) is 0 Å². The second-order valence-corrected chi connectivity index (χ2v) is 6.36. The van der Waals surface area contributed by atoms with Gasteiger partial charge in [-0.1, -0.05) is 18.2 Å². The first-order valence-electron chi connectivity index (χ1n) is 6.88. The number of thiophene rings is 1. The average Bonchev–Trinajstić information content (AvgIpc) is 3.04. The lowest BCUT2D eigenvalue weighted by atomic mass is 10.1. The molecule has 5 heteroatoms. The molecule has 0 unspecified atom stereocenters. The molecule has 1 heterocycles. The molecular formula is C16H16FNO2S. The number of aliphatic hydroxyl groups is 1. The number of carbonyl (C=O) groups excluding carboxylic acids is 1. The van der Waals surface area contributed by atoms with E-state index in [9.17, 15) is 9.18 Å². The van der Waals surface area contributed by atoms with Gasteiger partial charge in [0, 0.05) is 28.7 Å². The SMILES string of the molecule is Cc1c(C(=O)N[C@@H]2C=C[C@H](CO)C2)sc2cccc(F)c12. The molecule has 3 nitrogen and oxygen atoms in total. The van der Waals surface area contributed by atoms with Gasteiger partial charge in [0.25, 0.3) is 5.91 Å². The summed E-state index contributed by atoms with van der Waals surface area (Å²) in [5.74, 6) is -0.362. The largest absolute Gasteiger partial charge is 0.396 e. The molecule has 110 valence electrons. The quantitative estimate of drug-likeness (QED) is 0.856. The predicted molar refractivity (Wildman–Crippen MR) is 82.1 cm³/mol. The first-order chi connectivity index (χ1) is 10.1. The topological polar surface area (TPSA) is 49.3 Å². The third-order valence-electron chi connectivity index (χ3n) is 3.83. The highest BCUT2D eigenvalue weighted by atomic mass is 32.1. The highest BCUT2D eigenvalue weighted by Gasteiger charge is 2.23. The Labute approximate surface area is 126 Å². The highest BCUT2D eigenvalue weighted by Crippen LogP contribution is 2.32. The molecule has 3 rings (SSSR count). The van der Waals surface area contributed by atoms with Crippen LogP contribution in [0.4, 0.5) is 4.39 Å². The van der Waals surface area contributed by atoms with Crippen LogP contribution in [0.15, 0.2) is 30.4 Å². The molecular weight excluding hydrogens is 289 g/mol. The number of hydrogen-bond acceptors (Lipinski definition) is 3. The van der Waals surface area contributed by atoms with E-state index in [4.69, 9.17) is 5.11 Å². The van der Waals surface area contributed by atoms with Crippen molar-refractivity contribution in [1.82, 2.24) is 5.32 Å². The minimum Gasteiger partial charge on any atom is -0.396 e. The molecule has 1 aromatic carbocycles. The Balaban J connectivity index is 1.84. The zero-order chi connectivity index (χ0) is 15.0. The molecule has 1 aromatic heterocycles. The van der Waals surface area contributed by atoms with Crippen molar-refractivity contribution in [3.8, 4) is 0 Å². The van der Waals surface area contributed by atoms with Crippen molar-refractivity contribution in [2.75, 3.05) is 6.61 Å². The molecule has 0 aliphatic heterocycles. The Morgan fingerprint density at radius 3 is 2.95 bits per heavy atom. The third-order valence-corrected chi connectivity index (χ3v) is 5.09. The lowest BCUT2D eigenvalue weighted by molar-refractivity contribution is 0.0944. The molecule has 0 saturated carbocycles. The first-order valence-corrected chi connectivity index (χ1v) is 7.69. The number of fused-ring (bicyclic) bond motifs is 1. The summed E-state index contributed by atoms with van der Waals surface area (Å²) < 4.78 is 14.6. The van der Waals surface area contributed by atoms with Crippen LogP contribution in [0.5, 0.6) is 0 Å². The van der Waals surface area contributed by atoms with Crippen molar-refractivity contribution >= 4 is 27.3 Å². The molecule has 0 radical (unpaired) electrons. The average molecular weight is 305 g/mol. The predicted octanol–water partition coefficient (Wildman–Crippen LogP) is 3.02. The van der Waals surface area contributed by atoms with E-state index in [1.165, 1.54) is 17.4 Å². The van der Waals surface area contributed by atoms with Gasteiger partial charge in [0.15, 0.2) is 0 Å². The summed E-state index contributed by atoms with van der Waals surface area (Å²) in [7, 11) is 0. The number of aliphatic hydroxyl groups excluding tert-OH is 1. The van der Waals surface area contributed by atoms with Gasteiger partial charge in [-0.2, -0.15) is 0 Å². The van der Waals surface area contributed by atoms with Crippen molar-refractivity contribution in [3.05, 3.63) is 46.6 Å². The number of benzene rings is 1. The summed E-state index contributed by atoms with van der Waals surface area (Å²) in [5, 5.41) is 12.6. The molecule has 2 aromatic rings.